The maximum atomic E-state index is 13.0. The molecule has 1 aliphatic heterocycles. The number of anilines is 1. The van der Waals surface area contributed by atoms with Crippen LogP contribution in [0.1, 0.15) is 11.3 Å². The average Bonchev–Trinajstić information content (AvgIpc) is 2.84. The standard InChI is InChI=1S/C14H13FN2O/c15-11-2-1-3-13(8-11)18-9-12-5-4-10-6-7-16-14(10)17-12/h1-5,8H,6-7,9H2,(H,16,17). The fourth-order valence-electron chi connectivity index (χ4n) is 1.99. The van der Waals surface area contributed by atoms with Gasteiger partial charge in [0.2, 0.25) is 0 Å². The molecule has 0 saturated carbocycles. The van der Waals surface area contributed by atoms with E-state index in [1.165, 1.54) is 17.7 Å². The summed E-state index contributed by atoms with van der Waals surface area (Å²) in [4.78, 5) is 4.46. The highest BCUT2D eigenvalue weighted by Crippen LogP contribution is 2.20. The van der Waals surface area contributed by atoms with Gasteiger partial charge in [-0.15, -0.1) is 0 Å². The second-order valence-corrected chi connectivity index (χ2v) is 4.23. The van der Waals surface area contributed by atoms with Gasteiger partial charge in [0, 0.05) is 12.6 Å². The van der Waals surface area contributed by atoms with Crippen molar-refractivity contribution in [3.05, 3.63) is 53.5 Å². The van der Waals surface area contributed by atoms with Crippen molar-refractivity contribution in [3.63, 3.8) is 0 Å². The van der Waals surface area contributed by atoms with Crippen LogP contribution in [0.15, 0.2) is 36.4 Å². The number of aromatic nitrogens is 1. The molecule has 0 spiro atoms. The Kier molecular flexibility index (Phi) is 2.84. The average molecular weight is 244 g/mol. The van der Waals surface area contributed by atoms with Gasteiger partial charge in [-0.25, -0.2) is 9.37 Å². The number of benzene rings is 1. The Morgan fingerprint density at radius 1 is 1.28 bits per heavy atom. The van der Waals surface area contributed by atoms with Crippen molar-refractivity contribution >= 4 is 5.82 Å². The Labute approximate surface area is 105 Å². The van der Waals surface area contributed by atoms with Gasteiger partial charge in [-0.1, -0.05) is 12.1 Å². The number of ether oxygens (including phenoxy) is 1. The summed E-state index contributed by atoms with van der Waals surface area (Å²) in [6.07, 6.45) is 1.02. The molecule has 0 aliphatic carbocycles. The lowest BCUT2D eigenvalue weighted by Crippen LogP contribution is -2.01. The molecule has 92 valence electrons. The maximum Gasteiger partial charge on any atom is 0.130 e. The van der Waals surface area contributed by atoms with E-state index < -0.39 is 0 Å². The quantitative estimate of drug-likeness (QED) is 0.901. The van der Waals surface area contributed by atoms with Crippen LogP contribution in [0.3, 0.4) is 0 Å². The molecule has 0 amide bonds. The zero-order valence-electron chi connectivity index (χ0n) is 9.82. The number of fused-ring (bicyclic) bond motifs is 1. The monoisotopic (exact) mass is 244 g/mol. The zero-order chi connectivity index (χ0) is 12.4. The van der Waals surface area contributed by atoms with E-state index in [4.69, 9.17) is 4.74 Å². The first-order valence-corrected chi connectivity index (χ1v) is 5.92. The largest absolute Gasteiger partial charge is 0.487 e. The highest BCUT2D eigenvalue weighted by Gasteiger charge is 2.11. The molecule has 3 rings (SSSR count). The summed E-state index contributed by atoms with van der Waals surface area (Å²) in [7, 11) is 0. The molecule has 3 nitrogen and oxygen atoms in total. The summed E-state index contributed by atoms with van der Waals surface area (Å²) in [5.74, 6) is 1.16. The summed E-state index contributed by atoms with van der Waals surface area (Å²) < 4.78 is 18.5. The van der Waals surface area contributed by atoms with Crippen LogP contribution in [0.2, 0.25) is 0 Å². The minimum atomic E-state index is -0.295. The topological polar surface area (TPSA) is 34.1 Å². The highest BCUT2D eigenvalue weighted by molar-refractivity contribution is 5.49. The van der Waals surface area contributed by atoms with E-state index >= 15 is 0 Å². The molecule has 0 saturated heterocycles. The van der Waals surface area contributed by atoms with Gasteiger partial charge in [-0.2, -0.15) is 0 Å². The molecule has 0 unspecified atom stereocenters. The Hall–Kier alpha value is -2.10. The van der Waals surface area contributed by atoms with Gasteiger partial charge >= 0.3 is 0 Å². The van der Waals surface area contributed by atoms with Crippen LogP contribution >= 0.6 is 0 Å². The normalized spacial score (nSPS) is 12.9. The fourth-order valence-corrected chi connectivity index (χ4v) is 1.99. The number of nitrogens with zero attached hydrogens (tertiary/aromatic N) is 1. The third-order valence-electron chi connectivity index (χ3n) is 2.91. The van der Waals surface area contributed by atoms with Gasteiger partial charge in [0.1, 0.15) is 24.0 Å². The first-order chi connectivity index (χ1) is 8.81. The molecule has 1 aliphatic rings. The molecule has 1 aromatic heterocycles. The lowest BCUT2D eigenvalue weighted by molar-refractivity contribution is 0.300. The Morgan fingerprint density at radius 3 is 3.11 bits per heavy atom. The van der Waals surface area contributed by atoms with E-state index in [-0.39, 0.29) is 5.82 Å². The van der Waals surface area contributed by atoms with Gasteiger partial charge in [0.05, 0.1) is 5.69 Å². The van der Waals surface area contributed by atoms with E-state index in [2.05, 4.69) is 16.4 Å². The second-order valence-electron chi connectivity index (χ2n) is 4.23. The molecule has 0 bridgehead atoms. The number of hydrogen-bond donors (Lipinski definition) is 1. The smallest absolute Gasteiger partial charge is 0.130 e. The molecule has 0 atom stereocenters. The lowest BCUT2D eigenvalue weighted by atomic mass is 10.2. The van der Waals surface area contributed by atoms with Crippen LogP contribution in [0.5, 0.6) is 5.75 Å². The first-order valence-electron chi connectivity index (χ1n) is 5.92. The molecule has 0 radical (unpaired) electrons. The van der Waals surface area contributed by atoms with Crippen molar-refractivity contribution in [3.8, 4) is 5.75 Å². The van der Waals surface area contributed by atoms with Crippen LogP contribution in [0.25, 0.3) is 0 Å². The maximum absolute atomic E-state index is 13.0. The first kappa shape index (κ1) is 11.0. The molecule has 2 aromatic rings. The molecular weight excluding hydrogens is 231 g/mol. The number of halogens is 1. The third-order valence-corrected chi connectivity index (χ3v) is 2.91. The summed E-state index contributed by atoms with van der Waals surface area (Å²) in [6.45, 7) is 1.29. The van der Waals surface area contributed by atoms with Crippen molar-refractivity contribution in [1.29, 1.82) is 0 Å². The van der Waals surface area contributed by atoms with Crippen LogP contribution in [0.4, 0.5) is 10.2 Å². The number of rotatable bonds is 3. The van der Waals surface area contributed by atoms with E-state index in [0.717, 1.165) is 24.5 Å². The van der Waals surface area contributed by atoms with E-state index in [1.807, 2.05) is 6.07 Å². The summed E-state index contributed by atoms with van der Waals surface area (Å²) in [6, 6.07) is 10.1. The van der Waals surface area contributed by atoms with E-state index in [9.17, 15) is 4.39 Å². The second kappa shape index (κ2) is 4.64. The predicted molar refractivity (Wildman–Crippen MR) is 67.2 cm³/mol. The molecule has 2 heterocycles. The van der Waals surface area contributed by atoms with Gasteiger partial charge in [-0.3, -0.25) is 0 Å². The lowest BCUT2D eigenvalue weighted by Gasteiger charge is -2.07. The Balaban J connectivity index is 1.70. The molecule has 4 heteroatoms. The van der Waals surface area contributed by atoms with Crippen molar-refractivity contribution in [2.75, 3.05) is 11.9 Å². The number of nitrogens with one attached hydrogen (secondary N) is 1. The SMILES string of the molecule is Fc1cccc(OCc2ccc3c(n2)NCC3)c1. The van der Waals surface area contributed by atoms with Gasteiger partial charge in [-0.05, 0) is 30.2 Å². The molecule has 1 N–H and O–H groups in total. The zero-order valence-corrected chi connectivity index (χ0v) is 9.82. The summed E-state index contributed by atoms with van der Waals surface area (Å²) in [5.41, 5.74) is 2.08. The van der Waals surface area contributed by atoms with Crippen molar-refractivity contribution in [2.45, 2.75) is 13.0 Å². The predicted octanol–water partition coefficient (Wildman–Crippen LogP) is 2.77. The van der Waals surface area contributed by atoms with Crippen LogP contribution in [-0.4, -0.2) is 11.5 Å². The van der Waals surface area contributed by atoms with Crippen molar-refractivity contribution in [2.24, 2.45) is 0 Å². The van der Waals surface area contributed by atoms with E-state index in [1.54, 1.807) is 12.1 Å². The van der Waals surface area contributed by atoms with Gasteiger partial charge < -0.3 is 10.1 Å². The number of pyridine rings is 1. The van der Waals surface area contributed by atoms with Crippen LogP contribution in [0, 0.1) is 5.82 Å². The van der Waals surface area contributed by atoms with Crippen molar-refractivity contribution < 1.29 is 9.13 Å². The minimum Gasteiger partial charge on any atom is -0.487 e. The highest BCUT2D eigenvalue weighted by atomic mass is 19.1. The Bertz CT molecular complexity index is 571. The van der Waals surface area contributed by atoms with Crippen LogP contribution in [-0.2, 0) is 13.0 Å². The summed E-state index contributed by atoms with van der Waals surface area (Å²) in [5, 5.41) is 3.22. The molecule has 18 heavy (non-hydrogen) atoms. The minimum absolute atomic E-state index is 0.295. The number of hydrogen-bond acceptors (Lipinski definition) is 3. The molecule has 0 fully saturated rings. The fraction of sp³-hybridized carbons (Fsp3) is 0.214. The third kappa shape index (κ3) is 2.27. The molecular formula is C14H13FN2O. The van der Waals surface area contributed by atoms with Gasteiger partial charge in [0.15, 0.2) is 0 Å². The van der Waals surface area contributed by atoms with Gasteiger partial charge in [0.25, 0.3) is 0 Å². The van der Waals surface area contributed by atoms with Crippen molar-refractivity contribution in [1.82, 2.24) is 4.98 Å². The molecule has 1 aromatic carbocycles. The van der Waals surface area contributed by atoms with E-state index in [0.29, 0.717) is 12.4 Å². The Morgan fingerprint density at radius 2 is 2.22 bits per heavy atom. The van der Waals surface area contributed by atoms with Crippen LogP contribution < -0.4 is 10.1 Å². The summed E-state index contributed by atoms with van der Waals surface area (Å²) >= 11 is 0.